The molecule has 0 aromatic heterocycles. The molecule has 178 valence electrons. The molecule has 0 saturated carbocycles. The van der Waals surface area contributed by atoms with E-state index in [1.54, 1.807) is 44.6 Å². The summed E-state index contributed by atoms with van der Waals surface area (Å²) in [6.45, 7) is 0.739. The average molecular weight is 470 g/mol. The first-order chi connectivity index (χ1) is 15.3. The summed E-state index contributed by atoms with van der Waals surface area (Å²) in [5.74, 6) is -0.494. The number of carbonyl (C=O) groups excluding carboxylic acids is 2. The van der Waals surface area contributed by atoms with Crippen molar-refractivity contribution in [2.75, 3.05) is 45.3 Å². The second kappa shape index (κ2) is 10.6. The normalized spacial score (nSPS) is 20.5. The first-order valence-corrected chi connectivity index (χ1v) is 12.0. The number of carbonyl (C=O) groups is 2. The Balaban J connectivity index is 1.88. The summed E-state index contributed by atoms with van der Waals surface area (Å²) in [6.07, 6.45) is 1.70. The lowest BCUT2D eigenvalue weighted by atomic mass is 9.97. The first-order valence-electron chi connectivity index (χ1n) is 10.6. The molecule has 32 heavy (non-hydrogen) atoms. The number of rotatable bonds is 7. The zero-order chi connectivity index (χ0) is 23.3. The van der Waals surface area contributed by atoms with Crippen LogP contribution in [-0.2, 0) is 29.2 Å². The minimum absolute atomic E-state index is 0.0552. The van der Waals surface area contributed by atoms with Crippen LogP contribution in [0.4, 0.5) is 10.5 Å². The van der Waals surface area contributed by atoms with E-state index in [0.29, 0.717) is 25.7 Å². The van der Waals surface area contributed by atoms with E-state index in [1.165, 1.54) is 16.3 Å². The lowest BCUT2D eigenvalue weighted by Crippen LogP contribution is -2.55. The smallest absolute Gasteiger partial charge is 0.340 e. The molecule has 2 amide bonds. The topological polar surface area (TPSA) is 106 Å². The predicted molar refractivity (Wildman–Crippen MR) is 117 cm³/mol. The lowest BCUT2D eigenvalue weighted by molar-refractivity contribution is -0.144. The van der Waals surface area contributed by atoms with E-state index >= 15 is 0 Å². The van der Waals surface area contributed by atoms with Gasteiger partial charge < -0.3 is 19.1 Å². The molecule has 2 fully saturated rings. The van der Waals surface area contributed by atoms with Gasteiger partial charge in [-0.2, -0.15) is 17.0 Å². The maximum absolute atomic E-state index is 13.7. The van der Waals surface area contributed by atoms with Gasteiger partial charge in [-0.3, -0.25) is 0 Å². The Bertz CT molecular complexity index is 884. The van der Waals surface area contributed by atoms with Gasteiger partial charge in [-0.25, -0.2) is 9.59 Å². The number of hydrogen-bond acceptors (Lipinski definition) is 7. The van der Waals surface area contributed by atoms with Crippen LogP contribution in [0.5, 0.6) is 0 Å². The number of ether oxygens (including phenoxy) is 3. The summed E-state index contributed by atoms with van der Waals surface area (Å²) in [5.41, 5.74) is 0.224. The van der Waals surface area contributed by atoms with Crippen molar-refractivity contribution in [2.24, 2.45) is 5.92 Å². The molecule has 0 radical (unpaired) electrons. The number of para-hydroxylation sites is 1. The average Bonchev–Trinajstić information content (AvgIpc) is 3.30. The van der Waals surface area contributed by atoms with Crippen molar-refractivity contribution in [1.29, 1.82) is 0 Å². The quantitative estimate of drug-likeness (QED) is 0.443. The molecule has 0 aliphatic carbocycles. The molecule has 2 aliphatic rings. The van der Waals surface area contributed by atoms with E-state index in [9.17, 15) is 18.0 Å². The van der Waals surface area contributed by atoms with Crippen LogP contribution in [0.25, 0.3) is 0 Å². The highest BCUT2D eigenvalue weighted by molar-refractivity contribution is 7.91. The zero-order valence-corrected chi connectivity index (χ0v) is 19.5. The number of piperidine rings is 1. The van der Waals surface area contributed by atoms with Crippen molar-refractivity contribution in [3.63, 3.8) is 0 Å². The van der Waals surface area contributed by atoms with Crippen molar-refractivity contribution in [1.82, 2.24) is 9.21 Å². The molecule has 1 aromatic rings. The van der Waals surface area contributed by atoms with E-state index in [4.69, 9.17) is 14.2 Å². The number of likely N-dealkylation sites (tertiary alicyclic amines) is 1. The molecule has 0 bridgehead atoms. The lowest BCUT2D eigenvalue weighted by Gasteiger charge is -2.38. The summed E-state index contributed by atoms with van der Waals surface area (Å²) in [4.78, 5) is 27.0. The largest absolute Gasteiger partial charge is 0.467 e. The Morgan fingerprint density at radius 2 is 1.62 bits per heavy atom. The van der Waals surface area contributed by atoms with Crippen LogP contribution >= 0.6 is 0 Å². The molecule has 0 N–H and O–H groups in total. The molecule has 10 nitrogen and oxygen atoms in total. The molecule has 2 aliphatic heterocycles. The number of urea groups is 1. The Hall–Kier alpha value is -2.21. The first kappa shape index (κ1) is 24.4. The van der Waals surface area contributed by atoms with Gasteiger partial charge in [0.1, 0.15) is 6.04 Å². The third-order valence-electron chi connectivity index (χ3n) is 6.04. The highest BCUT2D eigenvalue weighted by Gasteiger charge is 2.44. The highest BCUT2D eigenvalue weighted by Crippen LogP contribution is 2.30. The number of benzene rings is 1. The number of esters is 1. The van der Waals surface area contributed by atoms with Gasteiger partial charge in [-0.1, -0.05) is 18.2 Å². The third kappa shape index (κ3) is 4.90. The molecule has 1 atom stereocenters. The molecule has 11 heteroatoms. The zero-order valence-electron chi connectivity index (χ0n) is 18.7. The number of amides is 2. The van der Waals surface area contributed by atoms with Crippen LogP contribution < -0.4 is 4.31 Å². The number of nitrogens with zero attached hydrogens (tertiary/aromatic N) is 3. The number of hydrogen-bond donors (Lipinski definition) is 0. The van der Waals surface area contributed by atoms with Crippen molar-refractivity contribution in [2.45, 2.75) is 38.0 Å². The van der Waals surface area contributed by atoms with E-state index < -0.39 is 34.5 Å². The molecule has 1 unspecified atom stereocenters. The van der Waals surface area contributed by atoms with Crippen LogP contribution in [0.1, 0.15) is 25.7 Å². The van der Waals surface area contributed by atoms with Gasteiger partial charge in [-0.15, -0.1) is 0 Å². The van der Waals surface area contributed by atoms with Crippen molar-refractivity contribution in [3.05, 3.63) is 30.3 Å². The maximum Gasteiger partial charge on any atom is 0.340 e. The molecule has 1 aromatic carbocycles. The van der Waals surface area contributed by atoms with Crippen molar-refractivity contribution in [3.8, 4) is 0 Å². The van der Waals surface area contributed by atoms with E-state index in [2.05, 4.69) is 0 Å². The van der Waals surface area contributed by atoms with Gasteiger partial charge in [0.2, 0.25) is 0 Å². The molecular weight excluding hydrogens is 438 g/mol. The van der Waals surface area contributed by atoms with E-state index in [0.717, 1.165) is 4.31 Å². The fraction of sp³-hybridized carbons (Fsp3) is 0.619. The molecule has 3 rings (SSSR count). The van der Waals surface area contributed by atoms with Crippen molar-refractivity contribution >= 4 is 27.9 Å². The summed E-state index contributed by atoms with van der Waals surface area (Å²) >= 11 is 0. The van der Waals surface area contributed by atoms with Gasteiger partial charge >= 0.3 is 22.2 Å². The highest BCUT2D eigenvalue weighted by atomic mass is 32.2. The number of anilines is 1. The second-order valence-electron chi connectivity index (χ2n) is 7.84. The molecule has 0 spiro atoms. The van der Waals surface area contributed by atoms with Crippen LogP contribution in [0.2, 0.25) is 0 Å². The SMILES string of the molecule is COC(=O)C1CCCN1C(=O)N(c1ccccc1)S(=O)(=O)N1CCC(C(OC)OC)CC1. The van der Waals surface area contributed by atoms with Crippen LogP contribution in [0, 0.1) is 5.92 Å². The Morgan fingerprint density at radius 1 is 1.00 bits per heavy atom. The van der Waals surface area contributed by atoms with Gasteiger partial charge in [0.25, 0.3) is 0 Å². The van der Waals surface area contributed by atoms with Gasteiger partial charge in [-0.05, 0) is 37.8 Å². The summed E-state index contributed by atoms with van der Waals surface area (Å²) < 4.78 is 44.9. The Morgan fingerprint density at radius 3 is 2.19 bits per heavy atom. The number of methoxy groups -OCH3 is 3. The minimum Gasteiger partial charge on any atom is -0.467 e. The van der Waals surface area contributed by atoms with Gasteiger partial charge in [0.05, 0.1) is 12.8 Å². The van der Waals surface area contributed by atoms with E-state index in [-0.39, 0.29) is 31.2 Å². The monoisotopic (exact) mass is 469 g/mol. The van der Waals surface area contributed by atoms with Gasteiger partial charge in [0.15, 0.2) is 6.29 Å². The molecule has 2 saturated heterocycles. The predicted octanol–water partition coefficient (Wildman–Crippen LogP) is 1.83. The summed E-state index contributed by atoms with van der Waals surface area (Å²) in [6, 6.07) is 6.66. The third-order valence-corrected chi connectivity index (χ3v) is 7.89. The Labute approximate surface area is 189 Å². The maximum atomic E-state index is 13.7. The van der Waals surface area contributed by atoms with Crippen LogP contribution in [0.15, 0.2) is 30.3 Å². The fourth-order valence-corrected chi connectivity index (χ4v) is 5.97. The Kier molecular flexibility index (Phi) is 8.10. The van der Waals surface area contributed by atoms with Crippen LogP contribution in [0.3, 0.4) is 0 Å². The van der Waals surface area contributed by atoms with Gasteiger partial charge in [0, 0.05) is 39.8 Å². The van der Waals surface area contributed by atoms with Crippen LogP contribution in [-0.4, -0.2) is 82.9 Å². The summed E-state index contributed by atoms with van der Waals surface area (Å²) in [7, 11) is 0.179. The standard InChI is InChI=1S/C21H31N3O7S/c1-29-19(25)18-10-7-13-23(18)21(26)24(17-8-5-4-6-9-17)32(27,28)22-14-11-16(12-15-22)20(30-2)31-3/h4-6,8-9,16,18,20H,7,10-15H2,1-3H3. The minimum atomic E-state index is -4.19. The fourth-order valence-electron chi connectivity index (χ4n) is 4.37. The molecule has 2 heterocycles. The summed E-state index contributed by atoms with van der Waals surface area (Å²) in [5, 5.41) is 0. The molecular formula is C21H31N3O7S. The van der Waals surface area contributed by atoms with E-state index in [1.807, 2.05) is 0 Å². The second-order valence-corrected chi connectivity index (χ2v) is 9.62. The van der Waals surface area contributed by atoms with Crippen molar-refractivity contribution < 1.29 is 32.2 Å².